The van der Waals surface area contributed by atoms with Crippen molar-refractivity contribution in [2.45, 2.75) is 25.8 Å². The molecule has 0 unspecified atom stereocenters. The number of hydrogen-bond donors (Lipinski definition) is 3. The van der Waals surface area contributed by atoms with Crippen molar-refractivity contribution in [1.82, 2.24) is 20.8 Å². The Bertz CT molecular complexity index is 1120. The first-order valence-corrected chi connectivity index (χ1v) is 9.70. The number of fused-ring (bicyclic) bond motifs is 1. The SMILES string of the molecule is C[C@@H](NC(=O)c1cc(C2=CCNCC2)cc2cn[nH]c12)c1cccc(C(F)F)c1F. The summed E-state index contributed by atoms with van der Waals surface area (Å²) in [6.07, 6.45) is 1.64. The second-order valence-corrected chi connectivity index (χ2v) is 7.29. The highest BCUT2D eigenvalue weighted by atomic mass is 19.3. The Hall–Kier alpha value is -3.13. The Balaban J connectivity index is 1.66. The maximum Gasteiger partial charge on any atom is 0.266 e. The minimum atomic E-state index is -2.92. The Kier molecular flexibility index (Phi) is 5.59. The van der Waals surface area contributed by atoms with Crippen LogP contribution in [-0.4, -0.2) is 29.2 Å². The lowest BCUT2D eigenvalue weighted by atomic mass is 9.96. The molecule has 0 saturated heterocycles. The van der Waals surface area contributed by atoms with Crippen molar-refractivity contribution in [2.24, 2.45) is 0 Å². The fourth-order valence-electron chi connectivity index (χ4n) is 3.73. The van der Waals surface area contributed by atoms with Gasteiger partial charge in [-0.05, 0) is 43.2 Å². The first-order chi connectivity index (χ1) is 14.5. The van der Waals surface area contributed by atoms with Gasteiger partial charge < -0.3 is 10.6 Å². The maximum atomic E-state index is 14.5. The molecule has 156 valence electrons. The molecule has 4 rings (SSSR count). The molecule has 1 aliphatic heterocycles. The van der Waals surface area contributed by atoms with Crippen LogP contribution in [0.4, 0.5) is 13.2 Å². The molecule has 0 fully saturated rings. The third-order valence-corrected chi connectivity index (χ3v) is 5.34. The van der Waals surface area contributed by atoms with Crippen molar-refractivity contribution in [3.63, 3.8) is 0 Å². The Labute approximate surface area is 171 Å². The zero-order valence-electron chi connectivity index (χ0n) is 16.3. The summed E-state index contributed by atoms with van der Waals surface area (Å²) in [6.45, 7) is 3.18. The van der Waals surface area contributed by atoms with E-state index < -0.39 is 29.8 Å². The van der Waals surface area contributed by atoms with E-state index in [1.807, 2.05) is 6.07 Å². The van der Waals surface area contributed by atoms with Crippen LogP contribution in [-0.2, 0) is 0 Å². The van der Waals surface area contributed by atoms with Gasteiger partial charge in [0.1, 0.15) is 5.82 Å². The number of nitrogens with zero attached hydrogens (tertiary/aromatic N) is 1. The standard InChI is InChI=1S/C22H21F3N4O/c1-12(16-3-2-4-17(19(16)23)21(24)25)28-22(30)18-10-14(13-5-7-26-8-6-13)9-15-11-27-29-20(15)18/h2-5,9-12,21,26H,6-8H2,1H3,(H,27,29)(H,28,30)/t12-/m1/s1. The van der Waals surface area contributed by atoms with E-state index in [4.69, 9.17) is 0 Å². The number of aromatic nitrogens is 2. The molecule has 0 saturated carbocycles. The molecule has 0 bridgehead atoms. The van der Waals surface area contributed by atoms with Crippen molar-refractivity contribution in [1.29, 1.82) is 0 Å². The summed E-state index contributed by atoms with van der Waals surface area (Å²) in [5, 5.41) is 13.6. The molecule has 0 spiro atoms. The van der Waals surface area contributed by atoms with Crippen LogP contribution in [0.2, 0.25) is 0 Å². The molecule has 1 atom stereocenters. The second kappa shape index (κ2) is 8.31. The van der Waals surface area contributed by atoms with Gasteiger partial charge in [0.25, 0.3) is 12.3 Å². The number of carbonyl (C=O) groups is 1. The molecule has 1 amide bonds. The molecule has 0 aliphatic carbocycles. The minimum absolute atomic E-state index is 0.0132. The smallest absolute Gasteiger partial charge is 0.266 e. The number of alkyl halides is 2. The third-order valence-electron chi connectivity index (χ3n) is 5.34. The van der Waals surface area contributed by atoms with Crippen molar-refractivity contribution < 1.29 is 18.0 Å². The predicted octanol–water partition coefficient (Wildman–Crippen LogP) is 4.51. The summed E-state index contributed by atoms with van der Waals surface area (Å²) in [7, 11) is 0. The fraction of sp³-hybridized carbons (Fsp3) is 0.273. The van der Waals surface area contributed by atoms with Crippen LogP contribution < -0.4 is 10.6 Å². The minimum Gasteiger partial charge on any atom is -0.345 e. The lowest BCUT2D eigenvalue weighted by Crippen LogP contribution is -2.28. The zero-order chi connectivity index (χ0) is 21.3. The number of carbonyl (C=O) groups excluding carboxylic acids is 1. The lowest BCUT2D eigenvalue weighted by molar-refractivity contribution is 0.0940. The van der Waals surface area contributed by atoms with Gasteiger partial charge in [0.2, 0.25) is 0 Å². The van der Waals surface area contributed by atoms with Crippen LogP contribution in [0, 0.1) is 5.82 Å². The second-order valence-electron chi connectivity index (χ2n) is 7.29. The van der Waals surface area contributed by atoms with Gasteiger partial charge in [0.15, 0.2) is 0 Å². The number of aromatic amines is 1. The summed E-state index contributed by atoms with van der Waals surface area (Å²) >= 11 is 0. The van der Waals surface area contributed by atoms with Gasteiger partial charge in [0, 0.05) is 17.5 Å². The summed E-state index contributed by atoms with van der Waals surface area (Å²) in [5.74, 6) is -1.43. The van der Waals surface area contributed by atoms with Crippen LogP contribution >= 0.6 is 0 Å². The van der Waals surface area contributed by atoms with E-state index in [-0.39, 0.29) is 5.56 Å². The van der Waals surface area contributed by atoms with Crippen molar-refractivity contribution in [2.75, 3.05) is 13.1 Å². The number of benzene rings is 2. The van der Waals surface area contributed by atoms with E-state index in [0.717, 1.165) is 42.1 Å². The van der Waals surface area contributed by atoms with Gasteiger partial charge in [0.05, 0.1) is 28.9 Å². The van der Waals surface area contributed by atoms with E-state index in [2.05, 4.69) is 26.9 Å². The van der Waals surface area contributed by atoms with E-state index >= 15 is 0 Å². The number of nitrogens with one attached hydrogen (secondary N) is 3. The molecular formula is C22H21F3N4O. The number of amides is 1. The first-order valence-electron chi connectivity index (χ1n) is 9.70. The van der Waals surface area contributed by atoms with E-state index in [1.54, 1.807) is 19.2 Å². The van der Waals surface area contributed by atoms with E-state index in [9.17, 15) is 18.0 Å². The number of H-pyrrole nitrogens is 1. The molecule has 2 heterocycles. The van der Waals surface area contributed by atoms with Gasteiger partial charge in [-0.1, -0.05) is 24.3 Å². The van der Waals surface area contributed by atoms with Crippen LogP contribution in [0.5, 0.6) is 0 Å². The van der Waals surface area contributed by atoms with Gasteiger partial charge in [-0.3, -0.25) is 9.89 Å². The molecule has 5 nitrogen and oxygen atoms in total. The van der Waals surface area contributed by atoms with Gasteiger partial charge in [-0.25, -0.2) is 13.2 Å². The van der Waals surface area contributed by atoms with Crippen molar-refractivity contribution in [3.05, 3.63) is 70.7 Å². The zero-order valence-corrected chi connectivity index (χ0v) is 16.3. The van der Waals surface area contributed by atoms with Crippen LogP contribution in [0.25, 0.3) is 16.5 Å². The fourth-order valence-corrected chi connectivity index (χ4v) is 3.73. The Morgan fingerprint density at radius 2 is 2.03 bits per heavy atom. The molecule has 8 heteroatoms. The normalized spacial score (nSPS) is 15.3. The molecule has 30 heavy (non-hydrogen) atoms. The molecule has 2 aromatic carbocycles. The molecule has 0 radical (unpaired) electrons. The monoisotopic (exact) mass is 414 g/mol. The number of hydrogen-bond acceptors (Lipinski definition) is 3. The topological polar surface area (TPSA) is 69.8 Å². The number of rotatable bonds is 5. The van der Waals surface area contributed by atoms with Gasteiger partial charge >= 0.3 is 0 Å². The summed E-state index contributed by atoms with van der Waals surface area (Å²) in [5.41, 5.74) is 2.34. The van der Waals surface area contributed by atoms with Crippen molar-refractivity contribution >= 4 is 22.4 Å². The molecule has 1 aromatic heterocycles. The average molecular weight is 414 g/mol. The number of halogens is 3. The molecular weight excluding hydrogens is 393 g/mol. The van der Waals surface area contributed by atoms with Gasteiger partial charge in [-0.2, -0.15) is 5.10 Å². The first kappa shape index (κ1) is 20.2. The summed E-state index contributed by atoms with van der Waals surface area (Å²) in [4.78, 5) is 13.0. The van der Waals surface area contributed by atoms with Crippen LogP contribution in [0.3, 0.4) is 0 Å². The lowest BCUT2D eigenvalue weighted by Gasteiger charge is -2.18. The third kappa shape index (κ3) is 3.82. The largest absolute Gasteiger partial charge is 0.345 e. The highest BCUT2D eigenvalue weighted by Crippen LogP contribution is 2.29. The highest BCUT2D eigenvalue weighted by Gasteiger charge is 2.22. The Morgan fingerprint density at radius 1 is 1.23 bits per heavy atom. The average Bonchev–Trinajstić information content (AvgIpc) is 3.22. The van der Waals surface area contributed by atoms with Crippen molar-refractivity contribution in [3.8, 4) is 0 Å². The van der Waals surface area contributed by atoms with Crippen LogP contribution in [0.15, 0.2) is 42.6 Å². The summed E-state index contributed by atoms with van der Waals surface area (Å²) in [6, 6.07) is 6.76. The molecule has 3 aromatic rings. The van der Waals surface area contributed by atoms with E-state index in [1.165, 1.54) is 12.1 Å². The quantitative estimate of drug-likeness (QED) is 0.576. The molecule has 1 aliphatic rings. The molecule has 3 N–H and O–H groups in total. The van der Waals surface area contributed by atoms with E-state index in [0.29, 0.717) is 11.1 Å². The summed E-state index contributed by atoms with van der Waals surface area (Å²) < 4.78 is 40.5. The maximum absolute atomic E-state index is 14.5. The highest BCUT2D eigenvalue weighted by molar-refractivity contribution is 6.06. The van der Waals surface area contributed by atoms with Gasteiger partial charge in [-0.15, -0.1) is 0 Å². The Morgan fingerprint density at radius 3 is 2.77 bits per heavy atom. The predicted molar refractivity (Wildman–Crippen MR) is 109 cm³/mol. The van der Waals surface area contributed by atoms with Crippen LogP contribution in [0.1, 0.15) is 52.9 Å².